The Morgan fingerprint density at radius 2 is 2.21 bits per heavy atom. The van der Waals surface area contributed by atoms with Crippen LogP contribution in [0.2, 0.25) is 0 Å². The summed E-state index contributed by atoms with van der Waals surface area (Å²) in [6, 6.07) is 2.17. The van der Waals surface area contributed by atoms with Crippen LogP contribution in [0.4, 0.5) is 0 Å². The van der Waals surface area contributed by atoms with E-state index in [0.29, 0.717) is 6.54 Å². The quantitative estimate of drug-likeness (QED) is 0.343. The van der Waals surface area contributed by atoms with Crippen molar-refractivity contribution >= 4 is 5.91 Å². The summed E-state index contributed by atoms with van der Waals surface area (Å²) in [5, 5.41) is 11.9. The number of nitrogens with one attached hydrogen (secondary N) is 1. The average Bonchev–Trinajstić information content (AvgIpc) is 2.43. The minimum Gasteiger partial charge on any atom is -0.386 e. The van der Waals surface area contributed by atoms with Gasteiger partial charge in [0.2, 0.25) is 0 Å². The van der Waals surface area contributed by atoms with Gasteiger partial charge >= 0.3 is 0 Å². The third kappa shape index (κ3) is 4.42. The van der Waals surface area contributed by atoms with Crippen molar-refractivity contribution < 1.29 is 4.79 Å². The standard InChI is InChI=1S/C14H22N4O/c1-4-7-16-11-12(10-15)14(19)18(3)13-5-8-17(2)9-6-13/h4,11,13,16H,1,5-9H2,2-3H3/b12-11-. The van der Waals surface area contributed by atoms with Crippen molar-refractivity contribution in [2.24, 2.45) is 0 Å². The van der Waals surface area contributed by atoms with Crippen molar-refractivity contribution in [2.75, 3.05) is 33.7 Å². The van der Waals surface area contributed by atoms with E-state index in [-0.39, 0.29) is 17.5 Å². The van der Waals surface area contributed by atoms with Crippen molar-refractivity contribution in [3.63, 3.8) is 0 Å². The van der Waals surface area contributed by atoms with E-state index in [2.05, 4.69) is 23.8 Å². The van der Waals surface area contributed by atoms with Gasteiger partial charge in [0.15, 0.2) is 0 Å². The van der Waals surface area contributed by atoms with Gasteiger partial charge in [-0.2, -0.15) is 5.26 Å². The van der Waals surface area contributed by atoms with Gasteiger partial charge in [-0.15, -0.1) is 6.58 Å². The molecule has 0 saturated carbocycles. The van der Waals surface area contributed by atoms with E-state index in [4.69, 9.17) is 5.26 Å². The van der Waals surface area contributed by atoms with Crippen LogP contribution in [0.5, 0.6) is 0 Å². The zero-order valence-electron chi connectivity index (χ0n) is 11.7. The Kier molecular flexibility index (Phi) is 6.10. The number of carbonyl (C=O) groups excluding carboxylic acids is 1. The van der Waals surface area contributed by atoms with Gasteiger partial charge in [0.1, 0.15) is 11.6 Å². The van der Waals surface area contributed by atoms with Gasteiger partial charge < -0.3 is 15.1 Å². The predicted molar refractivity (Wildman–Crippen MR) is 75.2 cm³/mol. The predicted octanol–water partition coefficient (Wildman–Crippen LogP) is 0.722. The van der Waals surface area contributed by atoms with Crippen molar-refractivity contribution in [3.8, 4) is 6.07 Å². The fourth-order valence-electron chi connectivity index (χ4n) is 2.12. The molecule has 1 aliphatic heterocycles. The second-order valence-corrected chi connectivity index (χ2v) is 4.82. The molecule has 0 radical (unpaired) electrons. The Hall–Kier alpha value is -1.80. The molecule has 0 aromatic rings. The van der Waals surface area contributed by atoms with Gasteiger partial charge in [0.25, 0.3) is 5.91 Å². The van der Waals surface area contributed by atoms with E-state index in [1.807, 2.05) is 6.07 Å². The molecule has 104 valence electrons. The number of carbonyl (C=O) groups is 1. The molecule has 0 unspecified atom stereocenters. The summed E-state index contributed by atoms with van der Waals surface area (Å²) >= 11 is 0. The maximum absolute atomic E-state index is 12.2. The number of piperidine rings is 1. The molecule has 0 aromatic carbocycles. The number of nitriles is 1. The lowest BCUT2D eigenvalue weighted by atomic mass is 10.0. The van der Waals surface area contributed by atoms with Gasteiger partial charge in [0.05, 0.1) is 0 Å². The summed E-state index contributed by atoms with van der Waals surface area (Å²) in [5.41, 5.74) is 0.142. The van der Waals surface area contributed by atoms with Crippen LogP contribution in [-0.2, 0) is 4.79 Å². The molecule has 0 aliphatic carbocycles. The number of amides is 1. The Morgan fingerprint density at radius 1 is 1.58 bits per heavy atom. The summed E-state index contributed by atoms with van der Waals surface area (Å²) in [6.45, 7) is 6.08. The maximum Gasteiger partial charge on any atom is 0.265 e. The van der Waals surface area contributed by atoms with E-state index in [1.54, 1.807) is 18.0 Å². The van der Waals surface area contributed by atoms with E-state index in [9.17, 15) is 4.79 Å². The lowest BCUT2D eigenvalue weighted by Gasteiger charge is -2.34. The highest BCUT2D eigenvalue weighted by Crippen LogP contribution is 2.15. The fourth-order valence-corrected chi connectivity index (χ4v) is 2.12. The van der Waals surface area contributed by atoms with E-state index in [0.717, 1.165) is 25.9 Å². The van der Waals surface area contributed by atoms with Crippen LogP contribution >= 0.6 is 0 Å². The highest BCUT2D eigenvalue weighted by Gasteiger charge is 2.25. The summed E-state index contributed by atoms with van der Waals surface area (Å²) < 4.78 is 0. The molecular formula is C14H22N4O. The molecule has 1 fully saturated rings. The van der Waals surface area contributed by atoms with Crippen LogP contribution in [0.1, 0.15) is 12.8 Å². The van der Waals surface area contributed by atoms with Gasteiger partial charge in [-0.05, 0) is 33.0 Å². The minimum absolute atomic E-state index is 0.142. The first-order valence-corrected chi connectivity index (χ1v) is 6.50. The molecule has 1 N–H and O–H groups in total. The number of likely N-dealkylation sites (N-methyl/N-ethyl adjacent to an activating group) is 1. The molecule has 1 amide bonds. The maximum atomic E-state index is 12.2. The molecule has 0 bridgehead atoms. The first-order chi connectivity index (χ1) is 9.10. The Bertz CT molecular complexity index is 389. The van der Waals surface area contributed by atoms with Gasteiger partial charge in [0, 0.05) is 25.8 Å². The fraction of sp³-hybridized carbons (Fsp3) is 0.571. The van der Waals surface area contributed by atoms with Crippen molar-refractivity contribution in [1.82, 2.24) is 15.1 Å². The molecule has 0 spiro atoms. The van der Waals surface area contributed by atoms with Crippen molar-refractivity contribution in [1.29, 1.82) is 5.26 Å². The first kappa shape index (κ1) is 15.3. The highest BCUT2D eigenvalue weighted by atomic mass is 16.2. The average molecular weight is 262 g/mol. The molecule has 5 nitrogen and oxygen atoms in total. The summed E-state index contributed by atoms with van der Waals surface area (Å²) in [7, 11) is 3.86. The number of rotatable bonds is 5. The van der Waals surface area contributed by atoms with Crippen molar-refractivity contribution in [3.05, 3.63) is 24.4 Å². The largest absolute Gasteiger partial charge is 0.386 e. The molecular weight excluding hydrogens is 240 g/mol. The summed E-state index contributed by atoms with van der Waals surface area (Å²) in [6.07, 6.45) is 5.06. The van der Waals surface area contributed by atoms with Crippen molar-refractivity contribution in [2.45, 2.75) is 18.9 Å². The third-order valence-corrected chi connectivity index (χ3v) is 3.42. The number of nitrogens with zero attached hydrogens (tertiary/aromatic N) is 3. The Morgan fingerprint density at radius 3 is 2.74 bits per heavy atom. The molecule has 1 aliphatic rings. The Labute approximate surface area is 115 Å². The van der Waals surface area contributed by atoms with E-state index < -0.39 is 0 Å². The van der Waals surface area contributed by atoms with Crippen LogP contribution in [0.15, 0.2) is 24.4 Å². The molecule has 1 saturated heterocycles. The minimum atomic E-state index is -0.214. The number of hydrogen-bond donors (Lipinski definition) is 1. The number of hydrogen-bond acceptors (Lipinski definition) is 4. The highest BCUT2D eigenvalue weighted by molar-refractivity contribution is 5.97. The lowest BCUT2D eigenvalue weighted by Crippen LogP contribution is -2.45. The molecule has 1 heterocycles. The molecule has 1 rings (SSSR count). The second kappa shape index (κ2) is 7.59. The van der Waals surface area contributed by atoms with Gasteiger partial charge in [-0.1, -0.05) is 6.08 Å². The lowest BCUT2D eigenvalue weighted by molar-refractivity contribution is -0.128. The van der Waals surface area contributed by atoms with Crippen LogP contribution in [0.25, 0.3) is 0 Å². The molecule has 0 atom stereocenters. The van der Waals surface area contributed by atoms with E-state index >= 15 is 0 Å². The third-order valence-electron chi connectivity index (χ3n) is 3.42. The monoisotopic (exact) mass is 262 g/mol. The van der Waals surface area contributed by atoms with Crippen LogP contribution in [0, 0.1) is 11.3 Å². The zero-order valence-corrected chi connectivity index (χ0v) is 11.7. The molecule has 5 heteroatoms. The first-order valence-electron chi connectivity index (χ1n) is 6.50. The normalized spacial score (nSPS) is 17.6. The van der Waals surface area contributed by atoms with Gasteiger partial charge in [-0.25, -0.2) is 0 Å². The number of likely N-dealkylation sites (tertiary alicyclic amines) is 1. The molecule has 19 heavy (non-hydrogen) atoms. The van der Waals surface area contributed by atoms with Crippen LogP contribution in [0.3, 0.4) is 0 Å². The zero-order chi connectivity index (χ0) is 14.3. The SMILES string of the molecule is C=CCN/C=C(/C#N)C(=O)N(C)C1CCN(C)CC1. The van der Waals surface area contributed by atoms with Gasteiger partial charge in [-0.3, -0.25) is 4.79 Å². The topological polar surface area (TPSA) is 59.4 Å². The smallest absolute Gasteiger partial charge is 0.265 e. The second-order valence-electron chi connectivity index (χ2n) is 4.82. The van der Waals surface area contributed by atoms with E-state index in [1.165, 1.54) is 6.20 Å². The Balaban J connectivity index is 2.61. The van der Waals surface area contributed by atoms with Crippen LogP contribution in [-0.4, -0.2) is 55.5 Å². The summed E-state index contributed by atoms with van der Waals surface area (Å²) in [4.78, 5) is 16.1. The van der Waals surface area contributed by atoms with Crippen LogP contribution < -0.4 is 5.32 Å². The summed E-state index contributed by atoms with van der Waals surface area (Å²) in [5.74, 6) is -0.214. The molecule has 0 aromatic heterocycles.